The van der Waals surface area contributed by atoms with Gasteiger partial charge in [-0.05, 0) is 32.4 Å². The Morgan fingerprint density at radius 3 is 2.60 bits per heavy atom. The van der Waals surface area contributed by atoms with Crippen LogP contribution in [0.5, 0.6) is 5.75 Å². The van der Waals surface area contributed by atoms with Gasteiger partial charge in [0.2, 0.25) is 0 Å². The summed E-state index contributed by atoms with van der Waals surface area (Å²) in [4.78, 5) is 2.47. The number of hydrogen-bond acceptors (Lipinski definition) is 2. The number of benzene rings is 1. The number of nitrogens with zero attached hydrogens (tertiary/aromatic N) is 1. The van der Waals surface area contributed by atoms with E-state index in [0.29, 0.717) is 12.1 Å². The Hall–Kier alpha value is -1.02. The molecule has 1 atom stereocenters. The van der Waals surface area contributed by atoms with Gasteiger partial charge in [0.25, 0.3) is 0 Å². The Balaban J connectivity index is 1.88. The molecule has 0 saturated carbocycles. The smallest absolute Gasteiger partial charge is 0.119 e. The molecular formula is C13H19NO. The SMILES string of the molecule is CC(C)N1CCC(Oc2ccccc2)C1. The van der Waals surface area contributed by atoms with Crippen molar-refractivity contribution in [2.24, 2.45) is 0 Å². The molecule has 0 radical (unpaired) electrons. The van der Waals surface area contributed by atoms with Crippen LogP contribution in [0.15, 0.2) is 30.3 Å². The van der Waals surface area contributed by atoms with E-state index < -0.39 is 0 Å². The summed E-state index contributed by atoms with van der Waals surface area (Å²) < 4.78 is 5.91. The van der Waals surface area contributed by atoms with Crippen LogP contribution in [0.2, 0.25) is 0 Å². The van der Waals surface area contributed by atoms with Crippen molar-refractivity contribution in [3.8, 4) is 5.75 Å². The summed E-state index contributed by atoms with van der Waals surface area (Å²) in [7, 11) is 0. The highest BCUT2D eigenvalue weighted by Gasteiger charge is 2.25. The lowest BCUT2D eigenvalue weighted by Crippen LogP contribution is -2.30. The van der Waals surface area contributed by atoms with Crippen molar-refractivity contribution in [1.29, 1.82) is 0 Å². The molecule has 2 nitrogen and oxygen atoms in total. The van der Waals surface area contributed by atoms with E-state index in [1.165, 1.54) is 0 Å². The average molecular weight is 205 g/mol. The molecule has 1 fully saturated rings. The molecule has 0 bridgehead atoms. The molecule has 2 heteroatoms. The van der Waals surface area contributed by atoms with Crippen LogP contribution in [0.25, 0.3) is 0 Å². The molecule has 0 N–H and O–H groups in total. The zero-order valence-corrected chi connectivity index (χ0v) is 9.52. The molecule has 1 saturated heterocycles. The molecule has 0 spiro atoms. The van der Waals surface area contributed by atoms with Crippen LogP contribution in [0.4, 0.5) is 0 Å². The average Bonchev–Trinajstić information content (AvgIpc) is 2.68. The maximum atomic E-state index is 5.91. The van der Waals surface area contributed by atoms with Crippen LogP contribution >= 0.6 is 0 Å². The first-order chi connectivity index (χ1) is 7.25. The second kappa shape index (κ2) is 4.67. The molecule has 15 heavy (non-hydrogen) atoms. The van der Waals surface area contributed by atoms with Gasteiger partial charge in [0, 0.05) is 19.1 Å². The fourth-order valence-electron chi connectivity index (χ4n) is 2.01. The summed E-state index contributed by atoms with van der Waals surface area (Å²) in [6.07, 6.45) is 1.52. The minimum absolute atomic E-state index is 0.370. The third kappa shape index (κ3) is 2.72. The summed E-state index contributed by atoms with van der Waals surface area (Å²) in [6.45, 7) is 6.71. The zero-order valence-electron chi connectivity index (χ0n) is 9.52. The highest BCUT2D eigenvalue weighted by Crippen LogP contribution is 2.19. The number of rotatable bonds is 3. The monoisotopic (exact) mass is 205 g/mol. The highest BCUT2D eigenvalue weighted by molar-refractivity contribution is 5.21. The molecule has 0 aromatic heterocycles. The van der Waals surface area contributed by atoms with E-state index in [-0.39, 0.29) is 0 Å². The highest BCUT2D eigenvalue weighted by atomic mass is 16.5. The number of ether oxygens (including phenoxy) is 1. The third-order valence-electron chi connectivity index (χ3n) is 2.95. The van der Waals surface area contributed by atoms with Gasteiger partial charge in [-0.3, -0.25) is 4.90 Å². The van der Waals surface area contributed by atoms with E-state index in [0.717, 1.165) is 25.3 Å². The Bertz CT molecular complexity index is 297. The van der Waals surface area contributed by atoms with Crippen molar-refractivity contribution in [3.63, 3.8) is 0 Å². The second-order valence-electron chi connectivity index (χ2n) is 4.43. The van der Waals surface area contributed by atoms with E-state index in [1.807, 2.05) is 30.3 Å². The van der Waals surface area contributed by atoms with Gasteiger partial charge in [-0.15, -0.1) is 0 Å². The molecule has 1 aliphatic heterocycles. The van der Waals surface area contributed by atoms with Crippen LogP contribution in [0, 0.1) is 0 Å². The van der Waals surface area contributed by atoms with Crippen molar-refractivity contribution >= 4 is 0 Å². The maximum absolute atomic E-state index is 5.91. The van der Waals surface area contributed by atoms with Crippen molar-refractivity contribution in [2.75, 3.05) is 13.1 Å². The Labute approximate surface area is 91.9 Å². The fourth-order valence-corrected chi connectivity index (χ4v) is 2.01. The molecule has 1 heterocycles. The van der Waals surface area contributed by atoms with Crippen molar-refractivity contribution < 1.29 is 4.74 Å². The van der Waals surface area contributed by atoms with Gasteiger partial charge >= 0.3 is 0 Å². The lowest BCUT2D eigenvalue weighted by atomic mass is 10.3. The molecule has 1 aromatic rings. The standard InChI is InChI=1S/C13H19NO/c1-11(2)14-9-8-13(10-14)15-12-6-4-3-5-7-12/h3-7,11,13H,8-10H2,1-2H3. The van der Waals surface area contributed by atoms with E-state index in [9.17, 15) is 0 Å². The van der Waals surface area contributed by atoms with Crippen LogP contribution in [-0.2, 0) is 0 Å². The normalized spacial score (nSPS) is 22.2. The fraction of sp³-hybridized carbons (Fsp3) is 0.538. The summed E-state index contributed by atoms with van der Waals surface area (Å²) in [6, 6.07) is 10.7. The largest absolute Gasteiger partial charge is 0.489 e. The molecular weight excluding hydrogens is 186 g/mol. The van der Waals surface area contributed by atoms with Crippen LogP contribution < -0.4 is 4.74 Å². The summed E-state index contributed by atoms with van der Waals surface area (Å²) in [5.74, 6) is 0.994. The molecule has 82 valence electrons. The van der Waals surface area contributed by atoms with Gasteiger partial charge in [0.1, 0.15) is 11.9 Å². The first-order valence-corrected chi connectivity index (χ1v) is 5.71. The molecule has 0 amide bonds. The predicted octanol–water partition coefficient (Wildman–Crippen LogP) is 2.55. The Morgan fingerprint density at radius 1 is 1.27 bits per heavy atom. The topological polar surface area (TPSA) is 12.5 Å². The zero-order chi connectivity index (χ0) is 10.7. The van der Waals surface area contributed by atoms with Gasteiger partial charge in [-0.2, -0.15) is 0 Å². The predicted molar refractivity (Wildman–Crippen MR) is 62.2 cm³/mol. The number of likely N-dealkylation sites (tertiary alicyclic amines) is 1. The molecule has 2 rings (SSSR count). The van der Waals surface area contributed by atoms with Crippen molar-refractivity contribution in [3.05, 3.63) is 30.3 Å². The summed E-state index contributed by atoms with van der Waals surface area (Å²) in [5, 5.41) is 0. The van der Waals surface area contributed by atoms with Gasteiger partial charge in [-0.25, -0.2) is 0 Å². The lowest BCUT2D eigenvalue weighted by Gasteiger charge is -2.20. The first-order valence-electron chi connectivity index (χ1n) is 5.71. The van der Waals surface area contributed by atoms with Crippen molar-refractivity contribution in [2.45, 2.75) is 32.4 Å². The molecule has 0 aliphatic carbocycles. The van der Waals surface area contributed by atoms with E-state index in [2.05, 4.69) is 18.7 Å². The van der Waals surface area contributed by atoms with Crippen molar-refractivity contribution in [1.82, 2.24) is 4.90 Å². The second-order valence-corrected chi connectivity index (χ2v) is 4.43. The molecule has 1 unspecified atom stereocenters. The van der Waals surface area contributed by atoms with Crippen LogP contribution in [-0.4, -0.2) is 30.1 Å². The van der Waals surface area contributed by atoms with Gasteiger partial charge < -0.3 is 4.74 Å². The minimum atomic E-state index is 0.370. The quantitative estimate of drug-likeness (QED) is 0.752. The minimum Gasteiger partial charge on any atom is -0.489 e. The first kappa shape index (κ1) is 10.5. The van der Waals surface area contributed by atoms with Gasteiger partial charge in [-0.1, -0.05) is 18.2 Å². The maximum Gasteiger partial charge on any atom is 0.119 e. The Morgan fingerprint density at radius 2 is 2.00 bits per heavy atom. The van der Waals surface area contributed by atoms with Gasteiger partial charge in [0.05, 0.1) is 0 Å². The van der Waals surface area contributed by atoms with E-state index >= 15 is 0 Å². The third-order valence-corrected chi connectivity index (χ3v) is 2.95. The van der Waals surface area contributed by atoms with Gasteiger partial charge in [0.15, 0.2) is 0 Å². The van der Waals surface area contributed by atoms with E-state index in [4.69, 9.17) is 4.74 Å². The lowest BCUT2D eigenvalue weighted by molar-refractivity contribution is 0.187. The van der Waals surface area contributed by atoms with Crippen LogP contribution in [0.3, 0.4) is 0 Å². The number of hydrogen-bond donors (Lipinski definition) is 0. The van der Waals surface area contributed by atoms with Crippen LogP contribution in [0.1, 0.15) is 20.3 Å². The summed E-state index contributed by atoms with van der Waals surface area (Å²) in [5.41, 5.74) is 0. The summed E-state index contributed by atoms with van der Waals surface area (Å²) >= 11 is 0. The molecule has 1 aliphatic rings. The Kier molecular flexibility index (Phi) is 3.27. The molecule has 1 aromatic carbocycles. The van der Waals surface area contributed by atoms with E-state index in [1.54, 1.807) is 0 Å². The number of para-hydroxylation sites is 1.